The molecule has 0 saturated heterocycles. The van der Waals surface area contributed by atoms with Crippen molar-refractivity contribution in [1.82, 2.24) is 0 Å². The predicted molar refractivity (Wildman–Crippen MR) is 43.2 cm³/mol. The Hall–Kier alpha value is -0.0551. The zero-order valence-electron chi connectivity index (χ0n) is 6.86. The minimum absolute atomic E-state index is 0.0451. The standard InChI is InChI=1S/C7H15BO3/c1-11-7-5-3-2-4-6(7)8(9)10/h6-7,9-10H,2-5H2,1H3. The van der Waals surface area contributed by atoms with Crippen molar-refractivity contribution < 1.29 is 14.8 Å². The summed E-state index contributed by atoms with van der Waals surface area (Å²) in [6.07, 6.45) is 4.10. The summed E-state index contributed by atoms with van der Waals surface area (Å²) in [6, 6.07) is 0. The van der Waals surface area contributed by atoms with Crippen LogP contribution in [0.3, 0.4) is 0 Å². The molecule has 2 unspecified atom stereocenters. The Kier molecular flexibility index (Phi) is 3.36. The molecule has 11 heavy (non-hydrogen) atoms. The van der Waals surface area contributed by atoms with E-state index in [2.05, 4.69) is 0 Å². The number of rotatable bonds is 2. The van der Waals surface area contributed by atoms with Crippen molar-refractivity contribution >= 4 is 7.12 Å². The Bertz CT molecular complexity index is 118. The van der Waals surface area contributed by atoms with Crippen molar-refractivity contribution in [2.75, 3.05) is 7.11 Å². The van der Waals surface area contributed by atoms with Crippen LogP contribution in [0.25, 0.3) is 0 Å². The monoisotopic (exact) mass is 158 g/mol. The smallest absolute Gasteiger partial charge is 0.427 e. The average Bonchev–Trinajstić information content (AvgIpc) is 2.04. The van der Waals surface area contributed by atoms with Gasteiger partial charge in [-0.1, -0.05) is 12.8 Å². The lowest BCUT2D eigenvalue weighted by Gasteiger charge is -2.29. The van der Waals surface area contributed by atoms with Crippen LogP contribution in [0.1, 0.15) is 25.7 Å². The van der Waals surface area contributed by atoms with Crippen LogP contribution in [0.15, 0.2) is 0 Å². The highest BCUT2D eigenvalue weighted by molar-refractivity contribution is 6.43. The van der Waals surface area contributed by atoms with Crippen LogP contribution >= 0.6 is 0 Å². The Morgan fingerprint density at radius 1 is 1.27 bits per heavy atom. The molecule has 0 bridgehead atoms. The first kappa shape index (κ1) is 9.04. The summed E-state index contributed by atoms with van der Waals surface area (Å²) < 4.78 is 5.15. The molecule has 64 valence electrons. The third kappa shape index (κ3) is 2.19. The Labute approximate surface area is 67.5 Å². The van der Waals surface area contributed by atoms with E-state index in [1.54, 1.807) is 7.11 Å². The Morgan fingerprint density at radius 3 is 2.36 bits per heavy atom. The number of hydrogen-bond acceptors (Lipinski definition) is 3. The van der Waals surface area contributed by atoms with Crippen molar-refractivity contribution in [3.8, 4) is 0 Å². The fraction of sp³-hybridized carbons (Fsp3) is 1.00. The summed E-state index contributed by atoms with van der Waals surface area (Å²) in [7, 11) is 0.422. The highest BCUT2D eigenvalue weighted by Crippen LogP contribution is 2.31. The minimum atomic E-state index is -1.21. The number of ether oxygens (including phenoxy) is 1. The molecule has 2 atom stereocenters. The molecule has 0 amide bonds. The van der Waals surface area contributed by atoms with E-state index in [0.717, 1.165) is 25.7 Å². The lowest BCUT2D eigenvalue weighted by molar-refractivity contribution is 0.0617. The summed E-state index contributed by atoms with van der Waals surface area (Å²) in [5, 5.41) is 17.9. The zero-order chi connectivity index (χ0) is 8.27. The van der Waals surface area contributed by atoms with Gasteiger partial charge in [-0.15, -0.1) is 0 Å². The summed E-state index contributed by atoms with van der Waals surface area (Å²) in [5.41, 5.74) is 0. The SMILES string of the molecule is COC1CCCCC1B(O)O. The minimum Gasteiger partial charge on any atom is -0.427 e. The predicted octanol–water partition coefficient (Wildman–Crippen LogP) is 0.418. The Balaban J connectivity index is 2.44. The maximum Gasteiger partial charge on any atom is 0.457 e. The molecule has 1 saturated carbocycles. The zero-order valence-corrected chi connectivity index (χ0v) is 6.86. The van der Waals surface area contributed by atoms with Gasteiger partial charge in [0.1, 0.15) is 0 Å². The molecule has 0 aliphatic heterocycles. The normalized spacial score (nSPS) is 31.9. The molecule has 1 aliphatic rings. The fourth-order valence-electron chi connectivity index (χ4n) is 1.76. The molecule has 1 aliphatic carbocycles. The van der Waals surface area contributed by atoms with Crippen LogP contribution in [0, 0.1) is 0 Å². The molecule has 0 spiro atoms. The van der Waals surface area contributed by atoms with Gasteiger partial charge in [0.25, 0.3) is 0 Å². The van der Waals surface area contributed by atoms with Crippen molar-refractivity contribution in [2.24, 2.45) is 0 Å². The van der Waals surface area contributed by atoms with Crippen LogP contribution in [0.5, 0.6) is 0 Å². The van der Waals surface area contributed by atoms with E-state index in [4.69, 9.17) is 14.8 Å². The summed E-state index contributed by atoms with van der Waals surface area (Å²) >= 11 is 0. The van der Waals surface area contributed by atoms with E-state index >= 15 is 0 Å². The average molecular weight is 158 g/mol. The largest absolute Gasteiger partial charge is 0.457 e. The number of hydrogen-bond donors (Lipinski definition) is 2. The quantitative estimate of drug-likeness (QED) is 0.572. The fourth-order valence-corrected chi connectivity index (χ4v) is 1.76. The second-order valence-electron chi connectivity index (χ2n) is 3.14. The second-order valence-corrected chi connectivity index (χ2v) is 3.14. The first-order valence-electron chi connectivity index (χ1n) is 4.14. The van der Waals surface area contributed by atoms with Gasteiger partial charge in [-0.2, -0.15) is 0 Å². The van der Waals surface area contributed by atoms with E-state index in [1.807, 2.05) is 0 Å². The maximum absolute atomic E-state index is 8.95. The maximum atomic E-state index is 8.95. The van der Waals surface area contributed by atoms with Gasteiger partial charge >= 0.3 is 7.12 Å². The van der Waals surface area contributed by atoms with Gasteiger partial charge in [0, 0.05) is 12.9 Å². The lowest BCUT2D eigenvalue weighted by Crippen LogP contribution is -2.34. The van der Waals surface area contributed by atoms with Gasteiger partial charge in [-0.05, 0) is 12.8 Å². The summed E-state index contributed by atoms with van der Waals surface area (Å²) in [5.74, 6) is -0.0752. The van der Waals surface area contributed by atoms with Gasteiger partial charge in [-0.3, -0.25) is 0 Å². The molecule has 0 radical (unpaired) electrons. The van der Waals surface area contributed by atoms with Crippen LogP contribution in [0.2, 0.25) is 5.82 Å². The van der Waals surface area contributed by atoms with E-state index in [0.29, 0.717) is 0 Å². The van der Waals surface area contributed by atoms with E-state index < -0.39 is 7.12 Å². The molecule has 1 fully saturated rings. The second kappa shape index (κ2) is 4.09. The molecule has 1 rings (SSSR count). The van der Waals surface area contributed by atoms with Crippen molar-refractivity contribution in [2.45, 2.75) is 37.6 Å². The van der Waals surface area contributed by atoms with Crippen LogP contribution in [0.4, 0.5) is 0 Å². The molecule has 3 nitrogen and oxygen atoms in total. The highest BCUT2D eigenvalue weighted by atomic mass is 16.5. The van der Waals surface area contributed by atoms with Crippen LogP contribution in [-0.4, -0.2) is 30.4 Å². The van der Waals surface area contributed by atoms with E-state index in [1.165, 1.54) is 0 Å². The molecular weight excluding hydrogens is 143 g/mol. The topological polar surface area (TPSA) is 49.7 Å². The number of methoxy groups -OCH3 is 1. The van der Waals surface area contributed by atoms with Gasteiger partial charge < -0.3 is 14.8 Å². The lowest BCUT2D eigenvalue weighted by atomic mass is 9.63. The van der Waals surface area contributed by atoms with Crippen LogP contribution < -0.4 is 0 Å². The first-order chi connectivity index (χ1) is 5.25. The first-order valence-corrected chi connectivity index (χ1v) is 4.14. The van der Waals surface area contributed by atoms with Crippen molar-refractivity contribution in [3.05, 3.63) is 0 Å². The van der Waals surface area contributed by atoms with E-state index in [-0.39, 0.29) is 11.9 Å². The molecule has 4 heteroatoms. The molecule has 2 N–H and O–H groups in total. The van der Waals surface area contributed by atoms with Crippen molar-refractivity contribution in [1.29, 1.82) is 0 Å². The summed E-state index contributed by atoms with van der Waals surface area (Å²) in [4.78, 5) is 0. The molecule has 0 aromatic rings. The molecule has 0 aromatic heterocycles. The van der Waals surface area contributed by atoms with Gasteiger partial charge in [0.2, 0.25) is 0 Å². The Morgan fingerprint density at radius 2 is 1.91 bits per heavy atom. The van der Waals surface area contributed by atoms with Gasteiger partial charge in [0.05, 0.1) is 6.10 Å². The summed E-state index contributed by atoms with van der Waals surface area (Å²) in [6.45, 7) is 0. The van der Waals surface area contributed by atoms with Gasteiger partial charge in [-0.25, -0.2) is 0 Å². The molecular formula is C7H15BO3. The molecule has 0 aromatic carbocycles. The molecule has 0 heterocycles. The van der Waals surface area contributed by atoms with Crippen molar-refractivity contribution in [3.63, 3.8) is 0 Å². The van der Waals surface area contributed by atoms with Gasteiger partial charge in [0.15, 0.2) is 0 Å². The van der Waals surface area contributed by atoms with E-state index in [9.17, 15) is 0 Å². The van der Waals surface area contributed by atoms with Crippen LogP contribution in [-0.2, 0) is 4.74 Å². The highest BCUT2D eigenvalue weighted by Gasteiger charge is 2.33. The third-order valence-electron chi connectivity index (χ3n) is 2.44. The third-order valence-corrected chi connectivity index (χ3v) is 2.44.